The van der Waals surface area contributed by atoms with Gasteiger partial charge in [0.2, 0.25) is 5.89 Å². The molecule has 1 atom stereocenters. The predicted molar refractivity (Wildman–Crippen MR) is 76.3 cm³/mol. The second-order valence-corrected chi connectivity index (χ2v) is 5.24. The van der Waals surface area contributed by atoms with E-state index in [-0.39, 0.29) is 11.7 Å². The van der Waals surface area contributed by atoms with Gasteiger partial charge in [-0.15, -0.1) is 10.2 Å². The SMILES string of the molecule is C[C@H](c1nnc(-c2ccc([N+](=O)[O-])cc2)o1)[NH+]1CCOCC1. The number of hydrogen-bond acceptors (Lipinski definition) is 6. The highest BCUT2D eigenvalue weighted by Gasteiger charge is 2.27. The summed E-state index contributed by atoms with van der Waals surface area (Å²) >= 11 is 0. The van der Waals surface area contributed by atoms with Crippen LogP contribution in [0.25, 0.3) is 11.5 Å². The number of nitro benzene ring substituents is 1. The van der Waals surface area contributed by atoms with Crippen LogP contribution in [0.15, 0.2) is 28.7 Å². The number of benzene rings is 1. The molecule has 0 unspecified atom stereocenters. The number of hydrogen-bond donors (Lipinski definition) is 1. The number of ether oxygens (including phenoxy) is 1. The van der Waals surface area contributed by atoms with Crippen molar-refractivity contribution in [2.45, 2.75) is 13.0 Å². The van der Waals surface area contributed by atoms with Crippen molar-refractivity contribution in [3.05, 3.63) is 40.3 Å². The minimum absolute atomic E-state index is 0.0367. The topological polar surface area (TPSA) is 95.7 Å². The second-order valence-electron chi connectivity index (χ2n) is 5.24. The molecule has 0 spiro atoms. The van der Waals surface area contributed by atoms with Gasteiger partial charge >= 0.3 is 0 Å². The molecule has 1 aliphatic heterocycles. The van der Waals surface area contributed by atoms with Crippen molar-refractivity contribution in [1.29, 1.82) is 0 Å². The molecular weight excluding hydrogens is 288 g/mol. The number of non-ortho nitro benzene ring substituents is 1. The van der Waals surface area contributed by atoms with Crippen molar-refractivity contribution >= 4 is 5.69 Å². The molecule has 22 heavy (non-hydrogen) atoms. The smallest absolute Gasteiger partial charge is 0.274 e. The van der Waals surface area contributed by atoms with Crippen molar-refractivity contribution in [1.82, 2.24) is 10.2 Å². The van der Waals surface area contributed by atoms with E-state index in [1.165, 1.54) is 17.0 Å². The Kier molecular flexibility index (Phi) is 4.12. The zero-order valence-corrected chi connectivity index (χ0v) is 12.2. The molecule has 0 radical (unpaired) electrons. The summed E-state index contributed by atoms with van der Waals surface area (Å²) in [6, 6.07) is 6.18. The molecule has 3 rings (SSSR count). The van der Waals surface area contributed by atoms with Gasteiger partial charge in [0, 0.05) is 17.7 Å². The van der Waals surface area contributed by atoms with Crippen molar-refractivity contribution < 1.29 is 19.0 Å². The first-order valence-electron chi connectivity index (χ1n) is 7.15. The van der Waals surface area contributed by atoms with Crippen LogP contribution in [0.2, 0.25) is 0 Å². The van der Waals surface area contributed by atoms with Gasteiger partial charge < -0.3 is 14.1 Å². The summed E-state index contributed by atoms with van der Waals surface area (Å²) < 4.78 is 11.1. The van der Waals surface area contributed by atoms with Gasteiger partial charge in [0.1, 0.15) is 13.1 Å². The molecule has 1 N–H and O–H groups in total. The largest absolute Gasteiger partial charge is 0.415 e. The number of nitrogens with zero attached hydrogens (tertiary/aromatic N) is 3. The van der Waals surface area contributed by atoms with Gasteiger partial charge in [0.25, 0.3) is 11.6 Å². The van der Waals surface area contributed by atoms with Gasteiger partial charge in [-0.25, -0.2) is 0 Å². The Morgan fingerprint density at radius 2 is 1.91 bits per heavy atom. The summed E-state index contributed by atoms with van der Waals surface area (Å²) in [4.78, 5) is 11.6. The predicted octanol–water partition coefficient (Wildman–Crippen LogP) is 0.621. The van der Waals surface area contributed by atoms with Crippen molar-refractivity contribution in [3.63, 3.8) is 0 Å². The zero-order chi connectivity index (χ0) is 15.5. The Morgan fingerprint density at radius 1 is 1.23 bits per heavy atom. The van der Waals surface area contributed by atoms with Crippen LogP contribution in [0.3, 0.4) is 0 Å². The number of rotatable bonds is 4. The lowest BCUT2D eigenvalue weighted by Gasteiger charge is -2.27. The molecule has 116 valence electrons. The lowest BCUT2D eigenvalue weighted by Crippen LogP contribution is -3.14. The van der Waals surface area contributed by atoms with Crippen LogP contribution in [-0.4, -0.2) is 41.4 Å². The Morgan fingerprint density at radius 3 is 2.55 bits per heavy atom. The first-order valence-corrected chi connectivity index (χ1v) is 7.15. The monoisotopic (exact) mass is 305 g/mol. The van der Waals surface area contributed by atoms with Crippen LogP contribution in [0.1, 0.15) is 18.9 Å². The van der Waals surface area contributed by atoms with E-state index >= 15 is 0 Å². The fourth-order valence-corrected chi connectivity index (χ4v) is 2.49. The molecule has 1 aliphatic rings. The maximum Gasteiger partial charge on any atom is 0.274 e. The molecule has 1 fully saturated rings. The number of nitrogens with one attached hydrogen (secondary N) is 1. The molecule has 0 saturated carbocycles. The van der Waals surface area contributed by atoms with Crippen molar-refractivity contribution in [2.24, 2.45) is 0 Å². The highest BCUT2D eigenvalue weighted by molar-refractivity contribution is 5.55. The summed E-state index contributed by atoms with van der Waals surface area (Å²) in [5, 5.41) is 18.8. The van der Waals surface area contributed by atoms with E-state index in [1.807, 2.05) is 6.92 Å². The first kappa shape index (κ1) is 14.6. The highest BCUT2D eigenvalue weighted by Crippen LogP contribution is 2.22. The minimum Gasteiger partial charge on any atom is -0.415 e. The van der Waals surface area contributed by atoms with Crippen LogP contribution in [-0.2, 0) is 4.74 Å². The third kappa shape index (κ3) is 2.97. The van der Waals surface area contributed by atoms with E-state index in [0.29, 0.717) is 17.3 Å². The number of aromatic nitrogens is 2. The molecule has 8 heteroatoms. The van der Waals surface area contributed by atoms with Crippen LogP contribution in [0.4, 0.5) is 5.69 Å². The van der Waals surface area contributed by atoms with Gasteiger partial charge in [-0.05, 0) is 19.1 Å². The number of morpholine rings is 1. The molecular formula is C14H17N4O4+. The van der Waals surface area contributed by atoms with E-state index in [0.717, 1.165) is 26.3 Å². The van der Waals surface area contributed by atoms with Crippen molar-refractivity contribution in [2.75, 3.05) is 26.3 Å². The molecule has 1 aromatic heterocycles. The summed E-state index contributed by atoms with van der Waals surface area (Å²) in [5.74, 6) is 0.953. The Balaban J connectivity index is 1.76. The molecule has 8 nitrogen and oxygen atoms in total. The molecule has 2 heterocycles. The molecule has 1 saturated heterocycles. The molecule has 2 aromatic rings. The van der Waals surface area contributed by atoms with E-state index in [1.54, 1.807) is 12.1 Å². The molecule has 0 aliphatic carbocycles. The van der Waals surface area contributed by atoms with Gasteiger partial charge in [0.15, 0.2) is 6.04 Å². The van der Waals surface area contributed by atoms with Crippen LogP contribution in [0.5, 0.6) is 0 Å². The highest BCUT2D eigenvalue weighted by atomic mass is 16.6. The zero-order valence-electron chi connectivity index (χ0n) is 12.2. The van der Waals surface area contributed by atoms with E-state index in [4.69, 9.17) is 9.15 Å². The minimum atomic E-state index is -0.438. The Labute approximate surface area is 126 Å². The summed E-state index contributed by atoms with van der Waals surface area (Å²) in [5.41, 5.74) is 0.711. The van der Waals surface area contributed by atoms with Gasteiger partial charge in [0.05, 0.1) is 18.1 Å². The maximum atomic E-state index is 10.7. The standard InChI is InChI=1S/C14H16N4O4/c1-10(17-6-8-21-9-7-17)13-15-16-14(22-13)11-2-4-12(5-3-11)18(19)20/h2-5,10H,6-9H2,1H3/p+1/t10-/m1/s1. The van der Waals surface area contributed by atoms with Crippen LogP contribution in [0, 0.1) is 10.1 Å². The fourth-order valence-electron chi connectivity index (χ4n) is 2.49. The lowest BCUT2D eigenvalue weighted by molar-refractivity contribution is -0.938. The fraction of sp³-hybridized carbons (Fsp3) is 0.429. The number of quaternary nitrogens is 1. The van der Waals surface area contributed by atoms with Gasteiger partial charge in [-0.3, -0.25) is 10.1 Å². The van der Waals surface area contributed by atoms with E-state index in [2.05, 4.69) is 10.2 Å². The maximum absolute atomic E-state index is 10.7. The third-order valence-electron chi connectivity index (χ3n) is 3.88. The normalized spacial score (nSPS) is 17.3. The average molecular weight is 305 g/mol. The van der Waals surface area contributed by atoms with Gasteiger partial charge in [-0.2, -0.15) is 0 Å². The van der Waals surface area contributed by atoms with E-state index < -0.39 is 4.92 Å². The lowest BCUT2D eigenvalue weighted by atomic mass is 10.2. The number of nitro groups is 1. The quantitative estimate of drug-likeness (QED) is 0.657. The van der Waals surface area contributed by atoms with Crippen LogP contribution >= 0.6 is 0 Å². The van der Waals surface area contributed by atoms with Gasteiger partial charge in [-0.1, -0.05) is 0 Å². The Hall–Kier alpha value is -2.32. The van der Waals surface area contributed by atoms with E-state index in [9.17, 15) is 10.1 Å². The van der Waals surface area contributed by atoms with Crippen LogP contribution < -0.4 is 4.90 Å². The van der Waals surface area contributed by atoms with Crippen molar-refractivity contribution in [3.8, 4) is 11.5 Å². The first-order chi connectivity index (χ1) is 10.6. The average Bonchev–Trinajstić information content (AvgIpc) is 3.05. The Bertz CT molecular complexity index is 649. The second kappa shape index (κ2) is 6.20. The summed E-state index contributed by atoms with van der Waals surface area (Å²) in [6.07, 6.45) is 0. The molecule has 0 amide bonds. The summed E-state index contributed by atoms with van der Waals surface area (Å²) in [7, 11) is 0. The molecule has 1 aromatic carbocycles. The third-order valence-corrected chi connectivity index (χ3v) is 3.88. The molecule has 0 bridgehead atoms. The summed E-state index contributed by atoms with van der Waals surface area (Å²) in [6.45, 7) is 5.35.